The number of ether oxygens (including phenoxy) is 1. The van der Waals surface area contributed by atoms with Crippen LogP contribution >= 0.6 is 0 Å². The number of anilines is 1. The molecule has 3 aromatic rings. The van der Waals surface area contributed by atoms with Crippen LogP contribution in [-0.4, -0.2) is 49.9 Å². The van der Waals surface area contributed by atoms with Crippen LogP contribution in [0.3, 0.4) is 0 Å². The number of nitrogens with one attached hydrogen (secondary N) is 1. The van der Waals surface area contributed by atoms with E-state index in [0.717, 1.165) is 39.7 Å². The summed E-state index contributed by atoms with van der Waals surface area (Å²) in [6, 6.07) is 17.3. The van der Waals surface area contributed by atoms with Crippen molar-refractivity contribution in [2.75, 3.05) is 17.5 Å². The molecule has 8 nitrogen and oxygen atoms in total. The third kappa shape index (κ3) is 8.53. The second-order valence-corrected chi connectivity index (χ2v) is 12.7. The van der Waals surface area contributed by atoms with Crippen molar-refractivity contribution < 1.29 is 27.1 Å². The van der Waals surface area contributed by atoms with Crippen LogP contribution in [0.25, 0.3) is 0 Å². The van der Waals surface area contributed by atoms with Gasteiger partial charge >= 0.3 is 0 Å². The molecule has 0 aliphatic carbocycles. The maximum atomic E-state index is 14.0. The van der Waals surface area contributed by atoms with Gasteiger partial charge in [-0.3, -0.25) is 13.9 Å². The summed E-state index contributed by atoms with van der Waals surface area (Å²) in [5.74, 6) is -1.00. The Kier molecular flexibility index (Phi) is 10.1. The Morgan fingerprint density at radius 1 is 0.951 bits per heavy atom. The largest absolute Gasteiger partial charge is 0.494 e. The number of halogens is 1. The van der Waals surface area contributed by atoms with Gasteiger partial charge in [-0.05, 0) is 95.6 Å². The lowest BCUT2D eigenvalue weighted by Crippen LogP contribution is -2.54. The van der Waals surface area contributed by atoms with E-state index in [1.54, 1.807) is 31.2 Å². The van der Waals surface area contributed by atoms with E-state index >= 15 is 0 Å². The average Bonchev–Trinajstić information content (AvgIpc) is 2.91. The quantitative estimate of drug-likeness (QED) is 0.341. The van der Waals surface area contributed by atoms with Gasteiger partial charge < -0.3 is 15.0 Å². The summed E-state index contributed by atoms with van der Waals surface area (Å²) in [4.78, 5) is 28.3. The van der Waals surface area contributed by atoms with E-state index in [0.29, 0.717) is 12.4 Å². The van der Waals surface area contributed by atoms with Gasteiger partial charge in [-0.25, -0.2) is 12.8 Å². The van der Waals surface area contributed by atoms with E-state index in [1.807, 2.05) is 58.9 Å². The molecule has 3 rings (SSSR count). The first kappa shape index (κ1) is 31.6. The zero-order valence-electron chi connectivity index (χ0n) is 24.3. The molecule has 0 saturated carbocycles. The molecule has 220 valence electrons. The lowest BCUT2D eigenvalue weighted by molar-refractivity contribution is -0.140. The highest BCUT2D eigenvalue weighted by Crippen LogP contribution is 2.27. The van der Waals surface area contributed by atoms with E-state index in [1.165, 1.54) is 4.90 Å². The number of hydrogen-bond acceptors (Lipinski definition) is 5. The average molecular weight is 584 g/mol. The highest BCUT2D eigenvalue weighted by Gasteiger charge is 2.33. The van der Waals surface area contributed by atoms with E-state index in [9.17, 15) is 22.4 Å². The van der Waals surface area contributed by atoms with Crippen LogP contribution in [0.2, 0.25) is 0 Å². The monoisotopic (exact) mass is 583 g/mol. The van der Waals surface area contributed by atoms with Gasteiger partial charge in [-0.15, -0.1) is 0 Å². The van der Waals surface area contributed by atoms with Gasteiger partial charge in [0, 0.05) is 12.1 Å². The van der Waals surface area contributed by atoms with Crippen molar-refractivity contribution in [1.29, 1.82) is 0 Å². The molecule has 0 aromatic heterocycles. The molecule has 1 N–H and O–H groups in total. The molecule has 0 heterocycles. The molecular formula is C31H38FN3O5S. The molecule has 0 fully saturated rings. The molecule has 1 atom stereocenters. The lowest BCUT2D eigenvalue weighted by atomic mass is 10.1. The number of amides is 2. The fourth-order valence-electron chi connectivity index (χ4n) is 4.08. The minimum atomic E-state index is -4.30. The molecular weight excluding hydrogens is 545 g/mol. The van der Waals surface area contributed by atoms with Crippen molar-refractivity contribution in [2.45, 2.75) is 64.6 Å². The summed E-state index contributed by atoms with van der Waals surface area (Å²) in [6.45, 7) is 10.8. The molecule has 0 spiro atoms. The standard InChI is InChI=1S/C31H38FN3O5S/c1-7-40-27-16-14-26(15-17-27)35(41(38,39)28-18-12-25(32)13-19-28)21-29(36)34(20-24-10-8-22(2)9-11-24)23(3)30(37)33-31(4,5)6/h8-19,23H,7,20-21H2,1-6H3,(H,33,37)/t23-/m0/s1. The Morgan fingerprint density at radius 2 is 1.54 bits per heavy atom. The van der Waals surface area contributed by atoms with Gasteiger partial charge in [0.05, 0.1) is 17.2 Å². The van der Waals surface area contributed by atoms with Crippen LogP contribution in [0, 0.1) is 12.7 Å². The smallest absolute Gasteiger partial charge is 0.264 e. The first-order valence-electron chi connectivity index (χ1n) is 13.4. The Hall–Kier alpha value is -3.92. The van der Waals surface area contributed by atoms with E-state index in [-0.39, 0.29) is 23.0 Å². The number of carbonyl (C=O) groups excluding carboxylic acids is 2. The molecule has 0 bridgehead atoms. The van der Waals surface area contributed by atoms with Gasteiger partial charge in [0.1, 0.15) is 24.2 Å². The van der Waals surface area contributed by atoms with Gasteiger partial charge in [-0.2, -0.15) is 0 Å². The zero-order chi connectivity index (χ0) is 30.4. The Bertz CT molecular complexity index is 1440. The number of benzene rings is 3. The van der Waals surface area contributed by atoms with E-state index in [4.69, 9.17) is 4.74 Å². The second kappa shape index (κ2) is 13.2. The first-order valence-corrected chi connectivity index (χ1v) is 14.8. The highest BCUT2D eigenvalue weighted by atomic mass is 32.2. The lowest BCUT2D eigenvalue weighted by Gasteiger charge is -2.33. The van der Waals surface area contributed by atoms with Crippen LogP contribution < -0.4 is 14.4 Å². The molecule has 0 radical (unpaired) electrons. The molecule has 0 aliphatic rings. The third-order valence-corrected chi connectivity index (χ3v) is 8.04. The summed E-state index contributed by atoms with van der Waals surface area (Å²) in [6.07, 6.45) is 0. The van der Waals surface area contributed by atoms with Crippen molar-refractivity contribution in [2.24, 2.45) is 0 Å². The first-order chi connectivity index (χ1) is 19.2. The number of sulfonamides is 1. The van der Waals surface area contributed by atoms with Crippen molar-refractivity contribution in [1.82, 2.24) is 10.2 Å². The number of nitrogens with zero attached hydrogens (tertiary/aromatic N) is 2. The number of carbonyl (C=O) groups is 2. The van der Waals surface area contributed by atoms with Crippen LogP contribution in [0.5, 0.6) is 5.75 Å². The van der Waals surface area contributed by atoms with E-state index in [2.05, 4.69) is 5.32 Å². The molecule has 0 saturated heterocycles. The fraction of sp³-hybridized carbons (Fsp3) is 0.355. The number of aryl methyl sites for hydroxylation is 1. The van der Waals surface area contributed by atoms with Crippen molar-refractivity contribution in [3.8, 4) is 5.75 Å². The second-order valence-electron chi connectivity index (χ2n) is 10.8. The summed E-state index contributed by atoms with van der Waals surface area (Å²) in [5, 5.41) is 2.90. The highest BCUT2D eigenvalue weighted by molar-refractivity contribution is 7.92. The Labute approximate surface area is 242 Å². The molecule has 41 heavy (non-hydrogen) atoms. The summed E-state index contributed by atoms with van der Waals surface area (Å²) < 4.78 is 47.7. The topological polar surface area (TPSA) is 96.0 Å². The summed E-state index contributed by atoms with van der Waals surface area (Å²) >= 11 is 0. The Morgan fingerprint density at radius 3 is 2.07 bits per heavy atom. The normalized spacial score (nSPS) is 12.4. The van der Waals surface area contributed by atoms with Gasteiger partial charge in [0.25, 0.3) is 10.0 Å². The third-order valence-electron chi connectivity index (χ3n) is 6.26. The minimum absolute atomic E-state index is 0.0888. The molecule has 10 heteroatoms. The maximum absolute atomic E-state index is 14.0. The van der Waals surface area contributed by atoms with Crippen LogP contribution in [0.1, 0.15) is 45.7 Å². The number of rotatable bonds is 11. The summed E-state index contributed by atoms with van der Waals surface area (Å²) in [5.41, 5.74) is 1.50. The van der Waals surface area contributed by atoms with Gasteiger partial charge in [0.2, 0.25) is 11.8 Å². The maximum Gasteiger partial charge on any atom is 0.264 e. The van der Waals surface area contributed by atoms with Crippen LogP contribution in [-0.2, 0) is 26.2 Å². The van der Waals surface area contributed by atoms with E-state index < -0.39 is 39.9 Å². The SMILES string of the molecule is CCOc1ccc(N(CC(=O)N(Cc2ccc(C)cc2)[C@@H](C)C(=O)NC(C)(C)C)S(=O)(=O)c2ccc(F)cc2)cc1. The van der Waals surface area contributed by atoms with Gasteiger partial charge in [-0.1, -0.05) is 29.8 Å². The molecule has 2 amide bonds. The minimum Gasteiger partial charge on any atom is -0.494 e. The van der Waals surface area contributed by atoms with Crippen LogP contribution in [0.15, 0.2) is 77.7 Å². The van der Waals surface area contributed by atoms with Crippen molar-refractivity contribution in [3.05, 3.63) is 89.7 Å². The Balaban J connectivity index is 2.03. The van der Waals surface area contributed by atoms with Crippen molar-refractivity contribution >= 4 is 27.5 Å². The predicted octanol–water partition coefficient (Wildman–Crippen LogP) is 5.06. The molecule has 3 aromatic carbocycles. The van der Waals surface area contributed by atoms with Crippen molar-refractivity contribution in [3.63, 3.8) is 0 Å². The molecule has 0 unspecified atom stereocenters. The number of hydrogen-bond donors (Lipinski definition) is 1. The van der Waals surface area contributed by atoms with Gasteiger partial charge in [0.15, 0.2) is 0 Å². The summed E-state index contributed by atoms with van der Waals surface area (Å²) in [7, 11) is -4.30. The fourth-order valence-corrected chi connectivity index (χ4v) is 5.50. The zero-order valence-corrected chi connectivity index (χ0v) is 25.2. The van der Waals surface area contributed by atoms with Crippen LogP contribution in [0.4, 0.5) is 10.1 Å². The predicted molar refractivity (Wildman–Crippen MR) is 158 cm³/mol. The molecule has 0 aliphatic heterocycles.